The van der Waals surface area contributed by atoms with E-state index >= 15 is 0 Å². The SMILES string of the molecule is CCOc1nc(N)nc2c1ncn2C1OC(COP2(=O)OCCC(c3cccc(F)c3F)O2)C2OC(=O)OC21C. The highest BCUT2D eigenvalue weighted by Gasteiger charge is 2.64. The van der Waals surface area contributed by atoms with Crippen LogP contribution in [0.2, 0.25) is 0 Å². The lowest BCUT2D eigenvalue weighted by atomic mass is 9.96. The van der Waals surface area contributed by atoms with Gasteiger partial charge in [-0.25, -0.2) is 23.1 Å². The number of nitrogen functional groups attached to an aromatic ring is 1. The molecule has 3 aliphatic heterocycles. The van der Waals surface area contributed by atoms with Crippen molar-refractivity contribution in [2.45, 2.75) is 50.4 Å². The second-order valence-corrected chi connectivity index (χ2v) is 11.0. The number of nitrogens with zero attached hydrogens (tertiary/aromatic N) is 4. The maximum absolute atomic E-state index is 14.3. The van der Waals surface area contributed by atoms with Crippen molar-refractivity contribution in [2.24, 2.45) is 0 Å². The summed E-state index contributed by atoms with van der Waals surface area (Å²) in [5.74, 6) is -2.09. The number of phosphoric acid groups is 1. The number of nitrogens with two attached hydrogens (primary N) is 1. The van der Waals surface area contributed by atoms with Crippen molar-refractivity contribution in [3.63, 3.8) is 0 Å². The largest absolute Gasteiger partial charge is 0.509 e. The van der Waals surface area contributed by atoms with Gasteiger partial charge in [0.15, 0.2) is 40.7 Å². The van der Waals surface area contributed by atoms with Crippen molar-refractivity contribution < 1.29 is 50.7 Å². The van der Waals surface area contributed by atoms with E-state index in [2.05, 4.69) is 15.0 Å². The van der Waals surface area contributed by atoms with Gasteiger partial charge in [0.1, 0.15) is 6.10 Å². The van der Waals surface area contributed by atoms with Crippen LogP contribution in [0.5, 0.6) is 5.88 Å². The van der Waals surface area contributed by atoms with Gasteiger partial charge >= 0.3 is 14.0 Å². The maximum atomic E-state index is 14.3. The van der Waals surface area contributed by atoms with Gasteiger partial charge in [-0.15, -0.1) is 0 Å². The van der Waals surface area contributed by atoms with Crippen LogP contribution in [0.4, 0.5) is 19.5 Å². The highest BCUT2D eigenvalue weighted by atomic mass is 31.2. The number of ether oxygens (including phenoxy) is 4. The number of halogens is 2. The summed E-state index contributed by atoms with van der Waals surface area (Å²) in [4.78, 5) is 24.8. The summed E-state index contributed by atoms with van der Waals surface area (Å²) in [6.45, 7) is 3.13. The van der Waals surface area contributed by atoms with Crippen molar-refractivity contribution >= 4 is 31.1 Å². The zero-order chi connectivity index (χ0) is 28.2. The van der Waals surface area contributed by atoms with Gasteiger partial charge in [-0.3, -0.25) is 18.1 Å². The van der Waals surface area contributed by atoms with Crippen LogP contribution in [0.25, 0.3) is 11.2 Å². The molecule has 2 aromatic heterocycles. The second-order valence-electron chi connectivity index (χ2n) is 9.35. The molecule has 17 heteroatoms. The van der Waals surface area contributed by atoms with E-state index in [1.165, 1.54) is 23.0 Å². The van der Waals surface area contributed by atoms with Crippen LogP contribution in [0.1, 0.15) is 38.2 Å². The number of anilines is 1. The van der Waals surface area contributed by atoms with Crippen LogP contribution in [0.3, 0.4) is 0 Å². The number of hydrogen-bond donors (Lipinski definition) is 1. The first-order valence-electron chi connectivity index (χ1n) is 12.3. The monoisotopic (exact) mass is 583 g/mol. The van der Waals surface area contributed by atoms with Gasteiger partial charge in [-0.2, -0.15) is 9.97 Å². The van der Waals surface area contributed by atoms with Crippen LogP contribution in [-0.4, -0.2) is 63.3 Å². The summed E-state index contributed by atoms with van der Waals surface area (Å²) in [5, 5.41) is 0. The molecule has 0 saturated carbocycles. The van der Waals surface area contributed by atoms with Crippen molar-refractivity contribution in [3.05, 3.63) is 41.7 Å². The van der Waals surface area contributed by atoms with E-state index in [0.717, 1.165) is 6.07 Å². The maximum Gasteiger partial charge on any atom is 0.509 e. The molecule has 3 aliphatic rings. The zero-order valence-corrected chi connectivity index (χ0v) is 22.1. The fourth-order valence-corrected chi connectivity index (χ4v) is 6.38. The summed E-state index contributed by atoms with van der Waals surface area (Å²) in [7, 11) is -4.26. The number of phosphoric ester groups is 1. The molecule has 6 unspecified atom stereocenters. The highest BCUT2D eigenvalue weighted by Crippen LogP contribution is 2.58. The summed E-state index contributed by atoms with van der Waals surface area (Å²) >= 11 is 0. The van der Waals surface area contributed by atoms with Gasteiger partial charge in [0.2, 0.25) is 11.8 Å². The lowest BCUT2D eigenvalue weighted by Gasteiger charge is -2.30. The molecule has 0 aliphatic carbocycles. The molecule has 14 nitrogen and oxygen atoms in total. The normalized spacial score (nSPS) is 31.6. The average Bonchev–Trinajstić information content (AvgIpc) is 3.53. The minimum atomic E-state index is -4.26. The fraction of sp³-hybridized carbons (Fsp3) is 0.478. The second kappa shape index (κ2) is 9.89. The highest BCUT2D eigenvalue weighted by molar-refractivity contribution is 7.48. The van der Waals surface area contributed by atoms with Crippen LogP contribution in [0.15, 0.2) is 24.5 Å². The number of carbonyl (C=O) groups is 1. The number of imidazole rings is 1. The van der Waals surface area contributed by atoms with Gasteiger partial charge in [0.25, 0.3) is 0 Å². The number of rotatable bonds is 7. The first kappa shape index (κ1) is 26.8. The summed E-state index contributed by atoms with van der Waals surface area (Å²) in [6.07, 6.45) is -3.57. The molecule has 6 rings (SSSR count). The third kappa shape index (κ3) is 4.45. The standard InChI is InChI=1S/C23H24F2N5O9P/c1-3-33-19-16-18(28-21(26)29-19)30(10-27-16)20-23(2)17(37-22(31)38-23)14(36-20)9-35-40(32)34-8-7-13(39-40)11-5-4-6-12(24)15(11)25/h4-6,10,13-14,17,20H,3,7-9H2,1-2H3,(H2,26,28,29). The Kier molecular flexibility index (Phi) is 6.62. The van der Waals surface area contributed by atoms with E-state index < -0.39 is 62.4 Å². The Bertz CT molecular complexity index is 1530. The molecule has 3 fully saturated rings. The zero-order valence-electron chi connectivity index (χ0n) is 21.2. The number of carbonyl (C=O) groups excluding carboxylic acids is 1. The molecule has 3 saturated heterocycles. The topological polar surface area (TPSA) is 168 Å². The third-order valence-electron chi connectivity index (χ3n) is 6.77. The Morgan fingerprint density at radius 1 is 1.30 bits per heavy atom. The molecule has 5 heterocycles. The fourth-order valence-electron chi connectivity index (χ4n) is 5.00. The lowest BCUT2D eigenvalue weighted by Crippen LogP contribution is -2.42. The number of aromatic nitrogens is 4. The number of benzene rings is 1. The minimum Gasteiger partial charge on any atom is -0.476 e. The Labute approximate surface area is 225 Å². The quantitative estimate of drug-likeness (QED) is 0.317. The molecule has 0 spiro atoms. The summed E-state index contributed by atoms with van der Waals surface area (Å²) in [6, 6.07) is 3.61. The van der Waals surface area contributed by atoms with E-state index in [1.54, 1.807) is 13.8 Å². The molecular weight excluding hydrogens is 559 g/mol. The van der Waals surface area contributed by atoms with Crippen LogP contribution < -0.4 is 10.5 Å². The number of fused-ring (bicyclic) bond motifs is 2. The van der Waals surface area contributed by atoms with Gasteiger partial charge in [-0.05, 0) is 19.9 Å². The summed E-state index contributed by atoms with van der Waals surface area (Å²) < 4.78 is 81.7. The minimum absolute atomic E-state index is 0.0778. The number of hydrogen-bond acceptors (Lipinski definition) is 13. The van der Waals surface area contributed by atoms with Crippen molar-refractivity contribution in [1.29, 1.82) is 0 Å². The predicted molar refractivity (Wildman–Crippen MR) is 129 cm³/mol. The van der Waals surface area contributed by atoms with Crippen molar-refractivity contribution in [3.8, 4) is 5.88 Å². The van der Waals surface area contributed by atoms with Crippen LogP contribution in [-0.2, 0) is 32.3 Å². The van der Waals surface area contributed by atoms with E-state index in [4.69, 9.17) is 38.3 Å². The lowest BCUT2D eigenvalue weighted by molar-refractivity contribution is -0.0926. The van der Waals surface area contributed by atoms with Gasteiger partial charge in [0.05, 0.1) is 32.3 Å². The summed E-state index contributed by atoms with van der Waals surface area (Å²) in [5.41, 5.74) is 4.91. The van der Waals surface area contributed by atoms with Gasteiger partial charge < -0.3 is 24.7 Å². The first-order valence-corrected chi connectivity index (χ1v) is 13.8. The smallest absolute Gasteiger partial charge is 0.476 e. The molecule has 214 valence electrons. The van der Waals surface area contributed by atoms with Crippen molar-refractivity contribution in [1.82, 2.24) is 19.5 Å². The molecule has 0 radical (unpaired) electrons. The van der Waals surface area contributed by atoms with Gasteiger partial charge in [-0.1, -0.05) is 12.1 Å². The molecule has 0 bridgehead atoms. The van der Waals surface area contributed by atoms with Crippen LogP contribution >= 0.6 is 7.82 Å². The van der Waals surface area contributed by atoms with Crippen LogP contribution in [0, 0.1) is 11.6 Å². The molecular formula is C23H24F2N5O9P. The van der Waals surface area contributed by atoms with E-state index in [-0.39, 0.29) is 36.1 Å². The third-order valence-corrected chi connectivity index (χ3v) is 8.25. The predicted octanol–water partition coefficient (Wildman–Crippen LogP) is 3.58. The first-order chi connectivity index (χ1) is 19.1. The van der Waals surface area contributed by atoms with E-state index in [9.17, 15) is 18.1 Å². The van der Waals surface area contributed by atoms with E-state index in [1.807, 2.05) is 0 Å². The Morgan fingerprint density at radius 3 is 2.92 bits per heavy atom. The molecule has 40 heavy (non-hydrogen) atoms. The Hall–Kier alpha value is -3.43. The molecule has 3 aromatic rings. The Morgan fingerprint density at radius 2 is 2.12 bits per heavy atom. The molecule has 1 aromatic carbocycles. The molecule has 0 amide bonds. The average molecular weight is 583 g/mol. The van der Waals surface area contributed by atoms with E-state index in [0.29, 0.717) is 12.1 Å². The molecule has 6 atom stereocenters. The Balaban J connectivity index is 1.24. The van der Waals surface area contributed by atoms with Gasteiger partial charge in [0, 0.05) is 12.0 Å². The van der Waals surface area contributed by atoms with Crippen molar-refractivity contribution in [2.75, 3.05) is 25.6 Å². The molecule has 2 N–H and O–H groups in total.